The number of carbonyl (C=O) groups is 6. The maximum Gasteiger partial charge on any atom is 0.324 e. The maximum absolute atomic E-state index is 12.6. The van der Waals surface area contributed by atoms with Crippen molar-refractivity contribution in [3.8, 4) is 58.5 Å². The van der Waals surface area contributed by atoms with Gasteiger partial charge in [0.1, 0.15) is 88.4 Å². The fourth-order valence-corrected chi connectivity index (χ4v) is 21.4. The van der Waals surface area contributed by atoms with E-state index in [4.69, 9.17) is 57.8 Å². The highest BCUT2D eigenvalue weighted by molar-refractivity contribution is 9.12. The molecule has 52 heteroatoms. The van der Waals surface area contributed by atoms with E-state index in [1.165, 1.54) is 0 Å². The summed E-state index contributed by atoms with van der Waals surface area (Å²) in [5.41, 5.74) is 9.05. The highest BCUT2D eigenvalue weighted by Crippen LogP contribution is 2.48. The van der Waals surface area contributed by atoms with Gasteiger partial charge in [-0.05, 0) is 165 Å². The van der Waals surface area contributed by atoms with Crippen LogP contribution in [0.2, 0.25) is 0 Å². The molecule has 0 spiro atoms. The van der Waals surface area contributed by atoms with E-state index < -0.39 is 55.8 Å². The predicted octanol–water partition coefficient (Wildman–Crippen LogP) is 9.42. The number of benzene rings is 4. The molecule has 0 unspecified atom stereocenters. The second kappa shape index (κ2) is 47.1. The number of rotatable bonds is 50. The van der Waals surface area contributed by atoms with Crippen molar-refractivity contribution in [1.82, 2.24) is 50.8 Å². The number of nitrogens with zero attached hydrogens (tertiary/aromatic N) is 10. The van der Waals surface area contributed by atoms with Crippen LogP contribution in [-0.2, 0) is 39.4 Å². The van der Waals surface area contributed by atoms with Crippen LogP contribution in [0.4, 0.5) is 23.3 Å². The first kappa shape index (κ1) is 102. The molecule has 4 aromatic carbocycles. The van der Waals surface area contributed by atoms with Gasteiger partial charge in [0, 0.05) is 75.6 Å². The highest BCUT2D eigenvalue weighted by atomic mass is 79.9. The molecule has 8 aromatic rings. The van der Waals surface area contributed by atoms with Gasteiger partial charge >= 0.3 is 36.0 Å². The molecule has 2 saturated heterocycles. The summed E-state index contributed by atoms with van der Waals surface area (Å²) < 4.78 is 122. The van der Waals surface area contributed by atoms with Gasteiger partial charge in [-0.2, -0.15) is 19.9 Å². The molecule has 0 bridgehead atoms. The normalized spacial score (nSPS) is 15.1. The van der Waals surface area contributed by atoms with Crippen molar-refractivity contribution in [2.24, 2.45) is 0 Å². The first-order chi connectivity index (χ1) is 62.0. The lowest BCUT2D eigenvalue weighted by Crippen LogP contribution is -2.61. The van der Waals surface area contributed by atoms with Crippen LogP contribution in [-0.4, -0.2) is 299 Å². The van der Waals surface area contributed by atoms with E-state index >= 15 is 0 Å². The van der Waals surface area contributed by atoms with Crippen LogP contribution >= 0.6 is 127 Å². The molecule has 8 heterocycles. The van der Waals surface area contributed by atoms with E-state index in [9.17, 15) is 64.9 Å². The van der Waals surface area contributed by atoms with Crippen molar-refractivity contribution in [3.05, 3.63) is 108 Å². The number of allylic oxidation sites excluding steroid dienone is 2. The largest absolute Gasteiger partial charge is 0.748 e. The number of hydrogen-bond donors (Lipinski definition) is 10. The molecular weight excluding hydrogens is 2280 g/mol. The van der Waals surface area contributed by atoms with E-state index in [1.807, 2.05) is 9.80 Å². The number of aromatic amines is 2. The molecule has 2 fully saturated rings. The minimum atomic E-state index is -4.40. The van der Waals surface area contributed by atoms with E-state index in [-0.39, 0.29) is 163 Å². The topological polar surface area (TPSA) is 554 Å². The van der Waals surface area contributed by atoms with Crippen LogP contribution in [0.15, 0.2) is 97.0 Å². The van der Waals surface area contributed by atoms with E-state index in [0.717, 1.165) is 0 Å². The smallest absolute Gasteiger partial charge is 0.324 e. The van der Waals surface area contributed by atoms with Gasteiger partial charge < -0.3 is 126 Å². The van der Waals surface area contributed by atoms with Gasteiger partial charge in [0.2, 0.25) is 23.5 Å². The summed E-state index contributed by atoms with van der Waals surface area (Å²) in [5, 5.41) is 44.3. The number of aliphatic carboxylic acids is 2. The summed E-state index contributed by atoms with van der Waals surface area (Å²) in [5.74, 6) is -0.817. The average molecular weight is 2370 g/mol. The monoisotopic (exact) mass is 2360 g/mol. The van der Waals surface area contributed by atoms with Gasteiger partial charge in [0.25, 0.3) is 0 Å². The van der Waals surface area contributed by atoms with Crippen molar-refractivity contribution in [2.45, 2.75) is 63.5 Å². The van der Waals surface area contributed by atoms with Gasteiger partial charge in [0.05, 0.1) is 202 Å². The number of carboxylic acids is 2. The molecular formula is C78H88Br8N16O26S2. The Hall–Kier alpha value is -8.30. The van der Waals surface area contributed by atoms with E-state index in [2.05, 4.69) is 202 Å². The zero-order valence-electron chi connectivity index (χ0n) is 68.9. The molecule has 4 aromatic heterocycles. The summed E-state index contributed by atoms with van der Waals surface area (Å²) in [6.45, 7) is 13.6. The number of aliphatic hydroxyl groups is 2. The third-order valence-corrected chi connectivity index (χ3v) is 27.7. The van der Waals surface area contributed by atoms with Crippen molar-refractivity contribution >= 4 is 229 Å². The number of ketones is 2. The Morgan fingerprint density at radius 1 is 0.485 bits per heavy atom. The van der Waals surface area contributed by atoms with Crippen molar-refractivity contribution < 1.29 is 132 Å². The van der Waals surface area contributed by atoms with Crippen molar-refractivity contribution in [2.75, 3.05) is 177 Å². The lowest BCUT2D eigenvalue weighted by Gasteiger charge is -2.45. The summed E-state index contributed by atoms with van der Waals surface area (Å²) in [6, 6.07) is 4.99. The number of aliphatic hydroxyl groups excluding tert-OH is 2. The molecule has 0 radical (unpaired) electrons. The number of carbonyl (C=O) groups excluding carboxylic acids is 4. The van der Waals surface area contributed by atoms with E-state index in [1.54, 1.807) is 36.7 Å². The first-order valence-corrected chi connectivity index (χ1v) is 49.6. The van der Waals surface area contributed by atoms with Gasteiger partial charge in [-0.15, -0.1) is 20.9 Å². The number of Topliss-reactive ketones (excluding diaryl/α,β-unsaturated/α-hetero) is 2. The number of piperazine rings is 2. The van der Waals surface area contributed by atoms with Gasteiger partial charge in [0.15, 0.2) is 11.5 Å². The summed E-state index contributed by atoms with van der Waals surface area (Å²) in [7, 11) is -8.75. The predicted molar refractivity (Wildman–Crippen MR) is 496 cm³/mol. The van der Waals surface area contributed by atoms with E-state index in [0.29, 0.717) is 228 Å². The molecule has 4 aliphatic heterocycles. The zero-order chi connectivity index (χ0) is 93.8. The number of quaternary nitrogens is 2. The Bertz CT molecular complexity index is 5470. The molecule has 12 rings (SSSR count). The van der Waals surface area contributed by atoms with Gasteiger partial charge in [-0.25, -0.2) is 16.8 Å². The Kier molecular flexibility index (Phi) is 37.0. The number of hydroxylamine groups is 2. The molecule has 0 amide bonds. The van der Waals surface area contributed by atoms with Crippen molar-refractivity contribution in [1.29, 1.82) is 0 Å². The van der Waals surface area contributed by atoms with Crippen LogP contribution in [0, 0.1) is 0 Å². The summed E-state index contributed by atoms with van der Waals surface area (Å²) >= 11 is 28.2. The number of anilines is 4. The fourth-order valence-electron chi connectivity index (χ4n) is 14.3. The van der Waals surface area contributed by atoms with Gasteiger partial charge in [-0.1, -0.05) is 13.2 Å². The van der Waals surface area contributed by atoms with Crippen molar-refractivity contribution in [3.63, 3.8) is 0 Å². The lowest BCUT2D eigenvalue weighted by molar-refractivity contribution is -0.928. The Morgan fingerprint density at radius 3 is 1.10 bits per heavy atom. The lowest BCUT2D eigenvalue weighted by atomic mass is 10.1. The Balaban J connectivity index is 0.000000259. The Morgan fingerprint density at radius 2 is 0.792 bits per heavy atom. The molecule has 0 aliphatic carbocycles. The maximum atomic E-state index is 12.6. The number of fused-ring (bicyclic) bond motifs is 4. The fraction of sp³-hybridized carbons (Fsp3) is 0.436. The number of ether oxygens (including phenoxy) is 8. The second-order valence-electron chi connectivity index (χ2n) is 29.7. The van der Waals surface area contributed by atoms with Crippen LogP contribution in [0.5, 0.6) is 58.5 Å². The zero-order valence-corrected chi connectivity index (χ0v) is 83.2. The molecule has 2 atom stereocenters. The second-order valence-corrected chi connectivity index (χ2v) is 39.3. The summed E-state index contributed by atoms with van der Waals surface area (Å²) in [6.07, 6.45) is 5.23. The van der Waals surface area contributed by atoms with Crippen LogP contribution in [0.3, 0.4) is 0 Å². The molecule has 704 valence electrons. The molecule has 10 N–H and O–H groups in total. The number of carboxylic acid groups (broad SMARTS) is 2. The third kappa shape index (κ3) is 27.5. The SMILES string of the molecule is C=C1Nc2cc(Br)c(OCCOc3nc(OCCOc4c(Br)cc5c(c4Br)C(=O)C(=C)N5)nc(N4CC[N+](CCCO)(CCCS(=O)(=O)[O-])CC4)n3)c(Br)c2C1=O.O=C[C@H](CCC(=O)O)NOc1c[nH]c2cc(Br)c(OCCOc3nc(OCCOc4c(Br)cc5[nH]cc(ON[C@H](C=O)CCC(=O)O)c5c4Br)nc(N4CC[N+](CCCO)(CCCS(=O)(=O)[O-])CC4)n3)c(Br)c12. The Labute approximate surface area is 811 Å². The van der Waals surface area contributed by atoms with Gasteiger partial charge in [-0.3, -0.25) is 19.2 Å². The number of hydrogen-bond acceptors (Lipinski definition) is 36. The van der Waals surface area contributed by atoms with Crippen LogP contribution in [0.25, 0.3) is 21.8 Å². The number of aromatic nitrogens is 8. The minimum absolute atomic E-state index is 0.00500. The average Bonchev–Trinajstić information content (AvgIpc) is 1.68. The van der Waals surface area contributed by atoms with Crippen LogP contribution < -0.4 is 79.0 Å². The third-order valence-electron chi connectivity index (χ3n) is 20.8. The number of aldehydes is 2. The quantitative estimate of drug-likeness (QED) is 0.00423. The number of H-pyrrole nitrogens is 2. The highest BCUT2D eigenvalue weighted by Gasteiger charge is 2.38. The molecule has 0 saturated carbocycles. The molecule has 4 aliphatic rings. The van der Waals surface area contributed by atoms with Crippen LogP contribution in [0.1, 0.15) is 72.1 Å². The molecule has 130 heavy (non-hydrogen) atoms. The molecule has 42 nitrogen and oxygen atoms in total. The number of nitrogens with one attached hydrogen (secondary N) is 6. The minimum Gasteiger partial charge on any atom is -0.748 e. The number of halogens is 8. The first-order valence-electron chi connectivity index (χ1n) is 40.1. The standard InChI is InChI=1S/C43H51Br4N9O16S.C35H37Br4N7O10S/c44-27-19-29-35(31(21-48-29)71-53-25(23-58)3-5-33(60)61)37(46)39(27)67-14-16-69-42-50-41(55-7-11-56(12-8-55,9-1-13-57)10-2-18-73(64,65)66)51-43(52-42)70-17-15-68-40-28(45)20-30-36(38(40)47)32(22-49-30)72-54-26(24-59)4-6-34(62)63;1-19-29(48)25-23(40-19)17-21(36)31(27(25)38)53-12-14-55-34-42-33(45-5-9-46(10-6-45,7-3-11-47)8-4-16-57(50,51)52)43-35(44-34)56-15-13-54-32-22(37)18-24-26(28(32)39)30(49)20(2)41-24/h19-26,48-49,53-54,57H,1-18H2,(H2-,60,61,62,63,64,65,66);17-18,47H,1-16H2,(H2-,40,41,48,49,50,51,52)/t25-,26-;/m0./s1. The summed E-state index contributed by atoms with van der Waals surface area (Å²) in [4.78, 5) is 119.